The molecule has 1 atom stereocenters. The van der Waals surface area contributed by atoms with Crippen molar-refractivity contribution in [2.24, 2.45) is 0 Å². The molecule has 164 valence electrons. The Hall–Kier alpha value is -2.90. The van der Waals surface area contributed by atoms with Gasteiger partial charge in [-0.25, -0.2) is 0 Å². The van der Waals surface area contributed by atoms with E-state index in [1.807, 2.05) is 37.3 Å². The summed E-state index contributed by atoms with van der Waals surface area (Å²) in [7, 11) is 0. The molecule has 1 N–H and O–H groups in total. The van der Waals surface area contributed by atoms with Crippen molar-refractivity contribution in [2.45, 2.75) is 44.1 Å². The summed E-state index contributed by atoms with van der Waals surface area (Å²) in [6.45, 7) is 6.16. The molecule has 0 saturated heterocycles. The van der Waals surface area contributed by atoms with Crippen LogP contribution in [0.25, 0.3) is 16.4 Å². The number of thioether (sulfide) groups is 1. The second-order valence-electron chi connectivity index (χ2n) is 7.73. The van der Waals surface area contributed by atoms with Gasteiger partial charge in [-0.05, 0) is 67.1 Å². The van der Waals surface area contributed by atoms with E-state index in [0.29, 0.717) is 5.56 Å². The van der Waals surface area contributed by atoms with Crippen LogP contribution in [0.1, 0.15) is 41.8 Å². The number of rotatable bonds is 8. The normalized spacial score (nSPS) is 12.0. The van der Waals surface area contributed by atoms with Gasteiger partial charge < -0.3 is 5.32 Å². The second kappa shape index (κ2) is 10.1. The summed E-state index contributed by atoms with van der Waals surface area (Å²) in [5, 5.41) is 14.9. The van der Waals surface area contributed by atoms with Gasteiger partial charge in [-0.2, -0.15) is 0 Å². The number of hydrogen-bond acceptors (Lipinski definition) is 5. The molecule has 2 heterocycles. The maximum absolute atomic E-state index is 12.3. The third-order valence-electron chi connectivity index (χ3n) is 5.21. The van der Waals surface area contributed by atoms with E-state index in [0.717, 1.165) is 39.3 Å². The average molecular weight is 463 g/mol. The summed E-state index contributed by atoms with van der Waals surface area (Å²) < 4.78 is 2.12. The van der Waals surface area contributed by atoms with E-state index < -0.39 is 0 Å². The van der Waals surface area contributed by atoms with Crippen LogP contribution in [0, 0.1) is 6.92 Å². The Balaban J connectivity index is 1.54. The molecule has 0 aliphatic carbocycles. The quantitative estimate of drug-likeness (QED) is 0.320. The first kappa shape index (κ1) is 22.3. The molecule has 1 amide bonds. The Morgan fingerprint density at radius 1 is 1.12 bits per heavy atom. The highest BCUT2D eigenvalue weighted by atomic mass is 32.2. The molecule has 0 fully saturated rings. The van der Waals surface area contributed by atoms with E-state index in [-0.39, 0.29) is 11.9 Å². The molecule has 0 bridgehead atoms. The van der Waals surface area contributed by atoms with Crippen molar-refractivity contribution in [2.75, 3.05) is 0 Å². The van der Waals surface area contributed by atoms with Crippen molar-refractivity contribution in [3.05, 3.63) is 82.7 Å². The number of thiophene rings is 1. The maximum atomic E-state index is 12.3. The van der Waals surface area contributed by atoms with Gasteiger partial charge in [0, 0.05) is 17.4 Å². The van der Waals surface area contributed by atoms with Crippen LogP contribution in [0.5, 0.6) is 0 Å². The third-order valence-corrected chi connectivity index (χ3v) is 7.07. The van der Waals surface area contributed by atoms with Gasteiger partial charge in [0.25, 0.3) is 5.91 Å². The Morgan fingerprint density at radius 3 is 2.62 bits per heavy atom. The molecule has 0 aliphatic heterocycles. The maximum Gasteiger partial charge on any atom is 0.251 e. The monoisotopic (exact) mass is 462 g/mol. The Morgan fingerprint density at radius 2 is 1.94 bits per heavy atom. The van der Waals surface area contributed by atoms with Crippen molar-refractivity contribution in [1.82, 2.24) is 20.1 Å². The van der Waals surface area contributed by atoms with Gasteiger partial charge in [0.05, 0.1) is 10.6 Å². The molecule has 2 aromatic carbocycles. The number of nitrogens with zero attached hydrogens (tertiary/aromatic N) is 3. The molecule has 0 saturated carbocycles. The Bertz CT molecular complexity index is 1180. The molecular formula is C25H26N4OS2. The molecule has 0 aliphatic rings. The van der Waals surface area contributed by atoms with Gasteiger partial charge >= 0.3 is 0 Å². The number of carbonyl (C=O) groups excluding carboxylic acids is 1. The third kappa shape index (κ3) is 5.11. The summed E-state index contributed by atoms with van der Waals surface area (Å²) in [5.74, 6) is 1.56. The smallest absolute Gasteiger partial charge is 0.251 e. The highest BCUT2D eigenvalue weighted by molar-refractivity contribution is 7.98. The van der Waals surface area contributed by atoms with E-state index >= 15 is 0 Å². The molecule has 5 nitrogen and oxygen atoms in total. The number of benzene rings is 2. The molecular weight excluding hydrogens is 436 g/mol. The van der Waals surface area contributed by atoms with Gasteiger partial charge in [-0.15, -0.1) is 21.5 Å². The lowest BCUT2D eigenvalue weighted by atomic mass is 10.1. The van der Waals surface area contributed by atoms with Gasteiger partial charge in [0.15, 0.2) is 11.0 Å². The summed E-state index contributed by atoms with van der Waals surface area (Å²) >= 11 is 3.30. The molecule has 2 aromatic heterocycles. The SMILES string of the molecule is CC[C@@H](C)NC(=O)c1ccc(CSc2nnc(-c3cccs3)n2-c2cccc(C)c2)cc1. The number of aromatic nitrogens is 3. The van der Waals surface area contributed by atoms with Crippen LogP contribution in [-0.2, 0) is 5.75 Å². The van der Waals surface area contributed by atoms with Crippen LogP contribution in [0.2, 0.25) is 0 Å². The molecule has 4 rings (SSSR count). The zero-order valence-electron chi connectivity index (χ0n) is 18.4. The van der Waals surface area contributed by atoms with Crippen LogP contribution in [0.4, 0.5) is 0 Å². The van der Waals surface area contributed by atoms with Gasteiger partial charge in [-0.1, -0.05) is 49.0 Å². The first-order chi connectivity index (χ1) is 15.5. The highest BCUT2D eigenvalue weighted by Gasteiger charge is 2.17. The second-order valence-corrected chi connectivity index (χ2v) is 9.62. The lowest BCUT2D eigenvalue weighted by Gasteiger charge is -2.12. The number of amides is 1. The lowest BCUT2D eigenvalue weighted by Crippen LogP contribution is -2.31. The van der Waals surface area contributed by atoms with Crippen molar-refractivity contribution in [3.8, 4) is 16.4 Å². The first-order valence-corrected chi connectivity index (χ1v) is 12.5. The molecule has 32 heavy (non-hydrogen) atoms. The minimum atomic E-state index is -0.0293. The summed E-state index contributed by atoms with van der Waals surface area (Å²) in [6.07, 6.45) is 0.912. The van der Waals surface area contributed by atoms with E-state index in [2.05, 4.69) is 69.6 Å². The molecule has 0 spiro atoms. The van der Waals surface area contributed by atoms with Crippen LogP contribution in [-0.4, -0.2) is 26.7 Å². The zero-order chi connectivity index (χ0) is 22.5. The number of carbonyl (C=O) groups is 1. The number of aryl methyl sites for hydroxylation is 1. The van der Waals surface area contributed by atoms with Crippen molar-refractivity contribution in [3.63, 3.8) is 0 Å². The number of nitrogens with one attached hydrogen (secondary N) is 1. The van der Waals surface area contributed by atoms with Crippen LogP contribution >= 0.6 is 23.1 Å². The van der Waals surface area contributed by atoms with Gasteiger partial charge in [0.1, 0.15) is 0 Å². The lowest BCUT2D eigenvalue weighted by molar-refractivity contribution is 0.0939. The highest BCUT2D eigenvalue weighted by Crippen LogP contribution is 2.32. The number of hydrogen-bond donors (Lipinski definition) is 1. The molecule has 0 unspecified atom stereocenters. The van der Waals surface area contributed by atoms with E-state index in [4.69, 9.17) is 0 Å². The summed E-state index contributed by atoms with van der Waals surface area (Å²) in [4.78, 5) is 13.4. The predicted molar refractivity (Wildman–Crippen MR) is 133 cm³/mol. The minimum absolute atomic E-state index is 0.0293. The fourth-order valence-electron chi connectivity index (χ4n) is 3.24. The molecule has 4 aromatic rings. The fourth-order valence-corrected chi connectivity index (χ4v) is 4.84. The van der Waals surface area contributed by atoms with Crippen LogP contribution in [0.15, 0.2) is 71.2 Å². The van der Waals surface area contributed by atoms with E-state index in [1.165, 1.54) is 5.56 Å². The average Bonchev–Trinajstić information content (AvgIpc) is 3.47. The Kier molecular flexibility index (Phi) is 7.07. The van der Waals surface area contributed by atoms with E-state index in [9.17, 15) is 4.79 Å². The van der Waals surface area contributed by atoms with Crippen molar-refractivity contribution < 1.29 is 4.79 Å². The summed E-state index contributed by atoms with van der Waals surface area (Å²) in [6, 6.07) is 20.4. The van der Waals surface area contributed by atoms with E-state index in [1.54, 1.807) is 23.1 Å². The van der Waals surface area contributed by atoms with Crippen LogP contribution < -0.4 is 5.32 Å². The van der Waals surface area contributed by atoms with Crippen LogP contribution in [0.3, 0.4) is 0 Å². The first-order valence-electron chi connectivity index (χ1n) is 10.6. The molecule has 0 radical (unpaired) electrons. The topological polar surface area (TPSA) is 59.8 Å². The fraction of sp³-hybridized carbons (Fsp3) is 0.240. The predicted octanol–water partition coefficient (Wildman–Crippen LogP) is 6.12. The summed E-state index contributed by atoms with van der Waals surface area (Å²) in [5.41, 5.74) is 4.06. The largest absolute Gasteiger partial charge is 0.350 e. The minimum Gasteiger partial charge on any atom is -0.350 e. The zero-order valence-corrected chi connectivity index (χ0v) is 20.0. The van der Waals surface area contributed by atoms with Gasteiger partial charge in [0.2, 0.25) is 0 Å². The van der Waals surface area contributed by atoms with Crippen molar-refractivity contribution >= 4 is 29.0 Å². The Labute approximate surface area is 196 Å². The van der Waals surface area contributed by atoms with Gasteiger partial charge in [-0.3, -0.25) is 9.36 Å². The standard InChI is InChI=1S/C25H26N4OS2/c1-4-18(3)26-24(30)20-12-10-19(11-13-20)16-32-25-28-27-23(22-9-6-14-31-22)29(25)21-8-5-7-17(2)15-21/h5-15,18H,4,16H2,1-3H3,(H,26,30)/t18-/m1/s1. The van der Waals surface area contributed by atoms with Crippen molar-refractivity contribution in [1.29, 1.82) is 0 Å². The molecule has 7 heteroatoms.